The minimum atomic E-state index is -4.69. The summed E-state index contributed by atoms with van der Waals surface area (Å²) in [5.74, 6) is 5.31. The van der Waals surface area contributed by atoms with Crippen LogP contribution in [0.5, 0.6) is 0 Å². The number of anilines is 1. The zero-order chi connectivity index (χ0) is 23.1. The van der Waals surface area contributed by atoms with Crippen LogP contribution in [0.4, 0.5) is 23.4 Å². The van der Waals surface area contributed by atoms with E-state index in [0.717, 1.165) is 18.3 Å². The van der Waals surface area contributed by atoms with Crippen molar-refractivity contribution in [3.8, 4) is 0 Å². The molecule has 1 atom stereocenters. The fraction of sp³-hybridized carbons (Fsp3) is 0.300. The Labute approximate surface area is 181 Å². The van der Waals surface area contributed by atoms with E-state index in [1.165, 1.54) is 22.0 Å². The molecule has 1 amide bonds. The molecule has 0 saturated carbocycles. The van der Waals surface area contributed by atoms with Gasteiger partial charge >= 0.3 is 6.18 Å². The van der Waals surface area contributed by atoms with Crippen LogP contribution < -0.4 is 16.6 Å². The van der Waals surface area contributed by atoms with E-state index in [9.17, 15) is 22.4 Å². The number of aryl methyl sites for hydroxylation is 1. The Morgan fingerprint density at radius 2 is 2.00 bits per heavy atom. The molecule has 3 rings (SSSR count). The van der Waals surface area contributed by atoms with Crippen LogP contribution in [0.3, 0.4) is 0 Å². The van der Waals surface area contributed by atoms with Gasteiger partial charge in [-0.3, -0.25) is 9.80 Å². The van der Waals surface area contributed by atoms with E-state index in [-0.39, 0.29) is 30.0 Å². The van der Waals surface area contributed by atoms with Gasteiger partial charge in [0.1, 0.15) is 11.6 Å². The quantitative estimate of drug-likeness (QED) is 0.413. The number of carbonyl (C=O) groups excluding carboxylic acids is 1. The number of hydrogen-bond acceptors (Lipinski definition) is 5. The molecule has 0 aliphatic carbocycles. The molecule has 166 valence electrons. The fourth-order valence-corrected chi connectivity index (χ4v) is 3.57. The van der Waals surface area contributed by atoms with Crippen LogP contribution in [0.1, 0.15) is 34.8 Å². The molecule has 1 aliphatic rings. The lowest BCUT2D eigenvalue weighted by molar-refractivity contribution is -0.137. The number of benzene rings is 1. The van der Waals surface area contributed by atoms with Gasteiger partial charge in [-0.1, -0.05) is 11.6 Å². The molecule has 1 unspecified atom stereocenters. The second kappa shape index (κ2) is 8.35. The third kappa shape index (κ3) is 4.45. The molecule has 4 N–H and O–H groups in total. The van der Waals surface area contributed by atoms with Crippen molar-refractivity contribution >= 4 is 23.3 Å². The Morgan fingerprint density at radius 3 is 2.61 bits per heavy atom. The molecular weight excluding hydrogens is 438 g/mol. The maximum Gasteiger partial charge on any atom is 0.417 e. The Bertz CT molecular complexity index is 1060. The van der Waals surface area contributed by atoms with Gasteiger partial charge in [-0.15, -0.1) is 0 Å². The van der Waals surface area contributed by atoms with Crippen LogP contribution >= 0.6 is 11.6 Å². The van der Waals surface area contributed by atoms with Crippen molar-refractivity contribution in [3.05, 3.63) is 69.4 Å². The number of carbonyl (C=O) groups is 1. The highest BCUT2D eigenvalue weighted by atomic mass is 35.5. The number of rotatable bonds is 3. The molecule has 1 aromatic heterocycles. The highest BCUT2D eigenvalue weighted by molar-refractivity contribution is 6.31. The average molecular weight is 458 g/mol. The monoisotopic (exact) mass is 457 g/mol. The lowest BCUT2D eigenvalue weighted by Gasteiger charge is -2.37. The number of alkyl halides is 3. The number of halogens is 5. The summed E-state index contributed by atoms with van der Waals surface area (Å²) in [4.78, 5) is 18.2. The van der Waals surface area contributed by atoms with Gasteiger partial charge in [0.2, 0.25) is 0 Å². The van der Waals surface area contributed by atoms with Crippen molar-refractivity contribution < 1.29 is 22.4 Å². The smallest absolute Gasteiger partial charge is 0.399 e. The summed E-state index contributed by atoms with van der Waals surface area (Å²) in [6.45, 7) is 3.37. The highest BCUT2D eigenvalue weighted by Crippen LogP contribution is 2.36. The number of amides is 1. The van der Waals surface area contributed by atoms with Crippen LogP contribution in [0.2, 0.25) is 5.02 Å². The summed E-state index contributed by atoms with van der Waals surface area (Å²) in [5, 5.41) is 0.739. The molecule has 0 saturated heterocycles. The molecule has 1 aliphatic heterocycles. The normalized spacial score (nSPS) is 17.2. The molecule has 2 heterocycles. The molecule has 0 bridgehead atoms. The van der Waals surface area contributed by atoms with Gasteiger partial charge < -0.3 is 10.6 Å². The molecule has 2 aromatic rings. The molecule has 11 heteroatoms. The van der Waals surface area contributed by atoms with E-state index in [1.807, 2.05) is 0 Å². The first-order chi connectivity index (χ1) is 14.4. The van der Waals surface area contributed by atoms with Gasteiger partial charge in [0.05, 0.1) is 34.2 Å². The minimum Gasteiger partial charge on any atom is -0.399 e. The van der Waals surface area contributed by atoms with Crippen molar-refractivity contribution in [2.75, 3.05) is 11.6 Å². The number of pyridine rings is 1. The Balaban J connectivity index is 1.88. The van der Waals surface area contributed by atoms with E-state index in [2.05, 4.69) is 4.98 Å². The van der Waals surface area contributed by atoms with Gasteiger partial charge in [0.15, 0.2) is 0 Å². The molecule has 0 fully saturated rings. The molecule has 31 heavy (non-hydrogen) atoms. The molecular formula is C20H20ClF4N5O. The van der Waals surface area contributed by atoms with Crippen molar-refractivity contribution in [1.82, 2.24) is 9.88 Å². The van der Waals surface area contributed by atoms with E-state index in [1.54, 1.807) is 13.8 Å². The van der Waals surface area contributed by atoms with Gasteiger partial charge in [-0.25, -0.2) is 15.2 Å². The van der Waals surface area contributed by atoms with Crippen molar-refractivity contribution in [3.63, 3.8) is 0 Å². The van der Waals surface area contributed by atoms with Gasteiger partial charge in [-0.2, -0.15) is 13.2 Å². The van der Waals surface area contributed by atoms with Crippen LogP contribution in [0.25, 0.3) is 0 Å². The van der Waals surface area contributed by atoms with Gasteiger partial charge in [0, 0.05) is 18.5 Å². The summed E-state index contributed by atoms with van der Waals surface area (Å²) in [6, 6.07) is 3.83. The average Bonchev–Trinajstić information content (AvgIpc) is 2.70. The van der Waals surface area contributed by atoms with E-state index in [4.69, 9.17) is 23.2 Å². The van der Waals surface area contributed by atoms with Crippen molar-refractivity contribution in [1.29, 1.82) is 0 Å². The van der Waals surface area contributed by atoms with Crippen molar-refractivity contribution in [2.45, 2.75) is 32.5 Å². The largest absolute Gasteiger partial charge is 0.417 e. The van der Waals surface area contributed by atoms with Crippen LogP contribution in [-0.2, 0) is 6.18 Å². The lowest BCUT2D eigenvalue weighted by Crippen LogP contribution is -2.49. The van der Waals surface area contributed by atoms with Crippen molar-refractivity contribution in [2.24, 2.45) is 11.6 Å². The van der Waals surface area contributed by atoms with Gasteiger partial charge in [-0.05, 0) is 43.7 Å². The first-order valence-electron chi connectivity index (χ1n) is 9.25. The molecule has 6 nitrogen and oxygen atoms in total. The maximum atomic E-state index is 13.5. The number of nitrogens with zero attached hydrogens (tertiary/aromatic N) is 3. The Morgan fingerprint density at radius 1 is 1.32 bits per heavy atom. The van der Waals surface area contributed by atoms with Gasteiger partial charge in [0.25, 0.3) is 5.91 Å². The number of hydrogen-bond donors (Lipinski definition) is 2. The summed E-state index contributed by atoms with van der Waals surface area (Å²) >= 11 is 5.64. The predicted octanol–water partition coefficient (Wildman–Crippen LogP) is 3.99. The molecule has 1 aromatic carbocycles. The van der Waals surface area contributed by atoms with E-state index >= 15 is 0 Å². The lowest BCUT2D eigenvalue weighted by atomic mass is 10.0. The van der Waals surface area contributed by atoms with E-state index < -0.39 is 34.5 Å². The highest BCUT2D eigenvalue weighted by Gasteiger charge is 2.36. The number of aromatic nitrogens is 1. The number of nitrogens with two attached hydrogens (primary N) is 2. The predicted molar refractivity (Wildman–Crippen MR) is 108 cm³/mol. The summed E-state index contributed by atoms with van der Waals surface area (Å²) in [5.41, 5.74) is 6.08. The summed E-state index contributed by atoms with van der Waals surface area (Å²) in [7, 11) is 0. The first-order valence-corrected chi connectivity index (χ1v) is 9.62. The second-order valence-electron chi connectivity index (χ2n) is 7.18. The third-order valence-corrected chi connectivity index (χ3v) is 5.52. The Kier molecular flexibility index (Phi) is 6.15. The van der Waals surface area contributed by atoms with Crippen LogP contribution in [0.15, 0.2) is 41.9 Å². The SMILES string of the molecule is Cc1cc(N(N)C2=C(N)C(C)N(C(=O)c3ccc(Cl)c(C(F)(F)F)c3)CC2)ncc1F. The summed E-state index contributed by atoms with van der Waals surface area (Å²) in [6.07, 6.45) is -3.41. The minimum absolute atomic E-state index is 0.153. The fourth-order valence-electron chi connectivity index (χ4n) is 3.35. The second-order valence-corrected chi connectivity index (χ2v) is 7.59. The Hall–Kier alpha value is -2.85. The number of hydrazine groups is 1. The topological polar surface area (TPSA) is 88.5 Å². The zero-order valence-corrected chi connectivity index (χ0v) is 17.4. The van der Waals surface area contributed by atoms with Crippen LogP contribution in [0, 0.1) is 12.7 Å². The zero-order valence-electron chi connectivity index (χ0n) is 16.7. The molecule has 0 spiro atoms. The third-order valence-electron chi connectivity index (χ3n) is 5.19. The summed E-state index contributed by atoms with van der Waals surface area (Å²) < 4.78 is 52.9. The van der Waals surface area contributed by atoms with E-state index in [0.29, 0.717) is 11.3 Å². The first kappa shape index (κ1) is 22.8. The standard InChI is InChI=1S/C20H20ClF4N5O/c1-10-7-17(28-9-15(10)22)30(27)16-5-6-29(11(2)18(16)26)19(31)12-3-4-14(21)13(8-12)20(23,24)25/h3-4,7-9,11H,5-6,26-27H2,1-2H3. The maximum absolute atomic E-state index is 13.5. The molecule has 0 radical (unpaired) electrons. The van der Waals surface area contributed by atoms with Crippen LogP contribution in [-0.4, -0.2) is 28.4 Å².